The van der Waals surface area contributed by atoms with Gasteiger partial charge in [-0.05, 0) is 31.1 Å². The van der Waals surface area contributed by atoms with Crippen LogP contribution in [-0.2, 0) is 0 Å². The van der Waals surface area contributed by atoms with Crippen LogP contribution in [0.3, 0.4) is 0 Å². The van der Waals surface area contributed by atoms with Crippen LogP contribution in [-0.4, -0.2) is 16.0 Å². The second-order valence-electron chi connectivity index (χ2n) is 6.50. The first-order valence-corrected chi connectivity index (χ1v) is 9.25. The summed E-state index contributed by atoms with van der Waals surface area (Å²) in [5.74, 6) is 1.43. The molecule has 0 aromatic carbocycles. The Bertz CT molecular complexity index is 225. The molecule has 114 valence electrons. The molecule has 0 aromatic rings. The van der Waals surface area contributed by atoms with Gasteiger partial charge in [0.25, 0.3) is 0 Å². The van der Waals surface area contributed by atoms with Crippen LogP contribution >= 0.6 is 15.9 Å². The molecular weight excluding hydrogens is 300 g/mol. The fourth-order valence-corrected chi connectivity index (χ4v) is 4.85. The van der Waals surface area contributed by atoms with Crippen LogP contribution in [0.1, 0.15) is 84.5 Å². The van der Waals surface area contributed by atoms with Crippen molar-refractivity contribution >= 4 is 15.9 Å². The zero-order valence-electron chi connectivity index (χ0n) is 13.0. The fraction of sp³-hybridized carbons (Fsp3) is 1.00. The predicted molar refractivity (Wildman–Crippen MR) is 87.9 cm³/mol. The molecule has 2 heteroatoms. The van der Waals surface area contributed by atoms with Crippen LogP contribution in [0.2, 0.25) is 0 Å². The zero-order chi connectivity index (χ0) is 14.1. The van der Waals surface area contributed by atoms with Crippen molar-refractivity contribution in [1.82, 2.24) is 0 Å². The highest BCUT2D eigenvalue weighted by Gasteiger charge is 2.34. The van der Waals surface area contributed by atoms with Gasteiger partial charge in [0.2, 0.25) is 0 Å². The molecule has 1 nitrogen and oxygen atoms in total. The van der Waals surface area contributed by atoms with Crippen LogP contribution in [0.25, 0.3) is 0 Å². The first-order valence-electron chi connectivity index (χ1n) is 8.46. The lowest BCUT2D eigenvalue weighted by Gasteiger charge is -2.35. The SMILES string of the molecule is CCCC(CO)C(Br)(CCC)CCCC1CCCC1. The summed E-state index contributed by atoms with van der Waals surface area (Å²) >= 11 is 4.02. The van der Waals surface area contributed by atoms with Gasteiger partial charge in [-0.25, -0.2) is 0 Å². The van der Waals surface area contributed by atoms with Gasteiger partial charge in [-0.3, -0.25) is 0 Å². The van der Waals surface area contributed by atoms with E-state index in [4.69, 9.17) is 0 Å². The Kier molecular flexibility index (Phi) is 8.64. The Hall–Kier alpha value is 0.440. The highest BCUT2D eigenvalue weighted by Crippen LogP contribution is 2.41. The molecule has 0 radical (unpaired) electrons. The van der Waals surface area contributed by atoms with Gasteiger partial charge in [0.1, 0.15) is 0 Å². The van der Waals surface area contributed by atoms with E-state index in [1.165, 1.54) is 64.2 Å². The summed E-state index contributed by atoms with van der Waals surface area (Å²) in [6, 6.07) is 0. The van der Waals surface area contributed by atoms with Crippen molar-refractivity contribution in [3.8, 4) is 0 Å². The Morgan fingerprint density at radius 1 is 1.16 bits per heavy atom. The van der Waals surface area contributed by atoms with Crippen molar-refractivity contribution in [3.63, 3.8) is 0 Å². The maximum Gasteiger partial charge on any atom is 0.0472 e. The molecule has 0 aliphatic heterocycles. The third kappa shape index (κ3) is 5.75. The maximum absolute atomic E-state index is 9.70. The number of hydrogen-bond donors (Lipinski definition) is 1. The second kappa shape index (κ2) is 9.39. The summed E-state index contributed by atoms with van der Waals surface area (Å²) in [5.41, 5.74) is 0. The van der Waals surface area contributed by atoms with Gasteiger partial charge < -0.3 is 5.11 Å². The molecule has 0 spiro atoms. The molecular formula is C17H33BrO. The largest absolute Gasteiger partial charge is 0.396 e. The van der Waals surface area contributed by atoms with Gasteiger partial charge in [-0.1, -0.05) is 81.1 Å². The van der Waals surface area contributed by atoms with Crippen molar-refractivity contribution in [2.75, 3.05) is 6.61 Å². The quantitative estimate of drug-likeness (QED) is 0.509. The van der Waals surface area contributed by atoms with Crippen LogP contribution in [0.4, 0.5) is 0 Å². The molecule has 0 aromatic heterocycles. The number of alkyl halides is 1. The molecule has 2 unspecified atom stereocenters. The second-order valence-corrected chi connectivity index (χ2v) is 8.07. The summed E-state index contributed by atoms with van der Waals surface area (Å²) in [6.45, 7) is 4.82. The summed E-state index contributed by atoms with van der Waals surface area (Å²) in [5, 5.41) is 9.70. The minimum Gasteiger partial charge on any atom is -0.396 e. The van der Waals surface area contributed by atoms with Gasteiger partial charge in [-0.2, -0.15) is 0 Å². The van der Waals surface area contributed by atoms with E-state index in [1.807, 2.05) is 0 Å². The average Bonchev–Trinajstić information content (AvgIpc) is 2.89. The summed E-state index contributed by atoms with van der Waals surface area (Å²) in [6.07, 6.45) is 14.5. The first kappa shape index (κ1) is 17.5. The topological polar surface area (TPSA) is 20.2 Å². The molecule has 1 saturated carbocycles. The Balaban J connectivity index is 2.43. The molecule has 2 atom stereocenters. The molecule has 0 saturated heterocycles. The molecule has 1 rings (SSSR count). The molecule has 1 aliphatic rings. The van der Waals surface area contributed by atoms with E-state index >= 15 is 0 Å². The summed E-state index contributed by atoms with van der Waals surface area (Å²) in [7, 11) is 0. The fourth-order valence-electron chi connectivity index (χ4n) is 3.79. The number of halogens is 1. The van der Waals surface area contributed by atoms with Crippen molar-refractivity contribution in [1.29, 1.82) is 0 Å². The molecule has 0 amide bonds. The normalized spacial score (nSPS) is 21.5. The number of rotatable bonds is 10. The van der Waals surface area contributed by atoms with Crippen LogP contribution in [0.15, 0.2) is 0 Å². The Labute approximate surface area is 128 Å². The highest BCUT2D eigenvalue weighted by molar-refractivity contribution is 9.10. The van der Waals surface area contributed by atoms with Gasteiger partial charge in [0.05, 0.1) is 0 Å². The van der Waals surface area contributed by atoms with Gasteiger partial charge in [-0.15, -0.1) is 0 Å². The highest BCUT2D eigenvalue weighted by atomic mass is 79.9. The molecule has 19 heavy (non-hydrogen) atoms. The van der Waals surface area contributed by atoms with E-state index in [0.29, 0.717) is 12.5 Å². The lowest BCUT2D eigenvalue weighted by molar-refractivity contribution is 0.171. The first-order chi connectivity index (χ1) is 9.16. The molecule has 0 heterocycles. The summed E-state index contributed by atoms with van der Waals surface area (Å²) < 4.78 is 0.186. The van der Waals surface area contributed by atoms with Crippen molar-refractivity contribution in [2.24, 2.45) is 11.8 Å². The molecule has 1 aliphatic carbocycles. The monoisotopic (exact) mass is 332 g/mol. The zero-order valence-corrected chi connectivity index (χ0v) is 14.6. The number of hydrogen-bond acceptors (Lipinski definition) is 1. The minimum atomic E-state index is 0.186. The Morgan fingerprint density at radius 2 is 1.84 bits per heavy atom. The van der Waals surface area contributed by atoms with E-state index in [1.54, 1.807) is 0 Å². The third-order valence-corrected chi connectivity index (χ3v) is 6.37. The maximum atomic E-state index is 9.70. The smallest absolute Gasteiger partial charge is 0.0472 e. The van der Waals surface area contributed by atoms with Gasteiger partial charge >= 0.3 is 0 Å². The van der Waals surface area contributed by atoms with Crippen LogP contribution in [0, 0.1) is 11.8 Å². The van der Waals surface area contributed by atoms with E-state index in [9.17, 15) is 5.11 Å². The molecule has 0 bridgehead atoms. The Morgan fingerprint density at radius 3 is 2.37 bits per heavy atom. The van der Waals surface area contributed by atoms with Crippen LogP contribution < -0.4 is 0 Å². The summed E-state index contributed by atoms with van der Waals surface area (Å²) in [4.78, 5) is 0. The molecule has 1 N–H and O–H groups in total. The lowest BCUT2D eigenvalue weighted by atomic mass is 9.81. The standard InChI is InChI=1S/C17H33BrO/c1-3-8-16(14-19)17(18,12-4-2)13-7-11-15-9-5-6-10-15/h15-16,19H,3-14H2,1-2H3. The average molecular weight is 333 g/mol. The van der Waals surface area contributed by atoms with Gasteiger partial charge in [0.15, 0.2) is 0 Å². The third-order valence-electron chi connectivity index (χ3n) is 4.93. The van der Waals surface area contributed by atoms with E-state index in [2.05, 4.69) is 29.8 Å². The van der Waals surface area contributed by atoms with Crippen LogP contribution in [0.5, 0.6) is 0 Å². The van der Waals surface area contributed by atoms with Crippen molar-refractivity contribution < 1.29 is 5.11 Å². The van der Waals surface area contributed by atoms with Gasteiger partial charge in [0, 0.05) is 10.9 Å². The van der Waals surface area contributed by atoms with Crippen molar-refractivity contribution in [3.05, 3.63) is 0 Å². The van der Waals surface area contributed by atoms with Crippen molar-refractivity contribution in [2.45, 2.75) is 88.8 Å². The van der Waals surface area contributed by atoms with E-state index < -0.39 is 0 Å². The number of aliphatic hydroxyl groups is 1. The van der Waals surface area contributed by atoms with E-state index in [-0.39, 0.29) is 4.32 Å². The van der Waals surface area contributed by atoms with E-state index in [0.717, 1.165) is 12.3 Å². The lowest BCUT2D eigenvalue weighted by Crippen LogP contribution is -2.34. The number of aliphatic hydroxyl groups excluding tert-OH is 1. The minimum absolute atomic E-state index is 0.186. The molecule has 1 fully saturated rings. The predicted octanol–water partition coefficient (Wildman–Crippen LogP) is 5.69.